The van der Waals surface area contributed by atoms with Crippen LogP contribution in [0.2, 0.25) is 0 Å². The number of nitrogens with zero attached hydrogens (tertiary/aromatic N) is 2. The van der Waals surface area contributed by atoms with Gasteiger partial charge in [0.15, 0.2) is 0 Å². The number of hydrogen-bond donors (Lipinski definition) is 2. The molecule has 2 heterocycles. The molecule has 1 saturated carbocycles. The fraction of sp³-hybridized carbons (Fsp3) is 0.643. The minimum Gasteiger partial charge on any atom is -0.343 e. The third kappa shape index (κ3) is 6.08. The second-order valence-electron chi connectivity index (χ2n) is 10.4. The van der Waals surface area contributed by atoms with Crippen LogP contribution in [0.5, 0.6) is 0 Å². The number of hydrogen-bond acceptors (Lipinski definition) is 4. The van der Waals surface area contributed by atoms with Crippen LogP contribution < -0.4 is 10.6 Å². The van der Waals surface area contributed by atoms with Crippen molar-refractivity contribution in [3.05, 3.63) is 48.2 Å². The van der Waals surface area contributed by atoms with Gasteiger partial charge in [-0.15, -0.1) is 0 Å². The van der Waals surface area contributed by atoms with E-state index < -0.39 is 6.04 Å². The Morgan fingerprint density at radius 3 is 2.56 bits per heavy atom. The van der Waals surface area contributed by atoms with E-state index in [-0.39, 0.29) is 29.8 Å². The zero-order valence-corrected chi connectivity index (χ0v) is 20.9. The molecule has 2 aliphatic heterocycles. The molecule has 2 amide bonds. The lowest BCUT2D eigenvalue weighted by atomic mass is 9.83. The molecule has 0 bridgehead atoms. The van der Waals surface area contributed by atoms with Crippen molar-refractivity contribution in [1.82, 2.24) is 20.4 Å². The third-order valence-electron chi connectivity index (χ3n) is 8.13. The molecule has 0 unspecified atom stereocenters. The lowest BCUT2D eigenvalue weighted by molar-refractivity contribution is -0.138. The van der Waals surface area contributed by atoms with E-state index in [1.165, 1.54) is 12.0 Å². The van der Waals surface area contributed by atoms with E-state index in [4.69, 9.17) is 0 Å². The summed E-state index contributed by atoms with van der Waals surface area (Å²) in [5.74, 6) is 0.625. The van der Waals surface area contributed by atoms with Gasteiger partial charge in [-0.1, -0.05) is 55.7 Å². The van der Waals surface area contributed by atoms with E-state index >= 15 is 0 Å². The SMILES string of the molecule is CN[C@@H](C)C(=O)N[C@@H](C(=O)N1C=C[C@@H]2CCCN(CCc3ccccc3)C[C@H]21)C1CCCCC1. The maximum Gasteiger partial charge on any atom is 0.249 e. The van der Waals surface area contributed by atoms with Crippen LogP contribution in [0.15, 0.2) is 42.6 Å². The molecule has 1 aromatic rings. The van der Waals surface area contributed by atoms with Gasteiger partial charge < -0.3 is 20.4 Å². The summed E-state index contributed by atoms with van der Waals surface area (Å²) in [6.07, 6.45) is 13.1. The summed E-state index contributed by atoms with van der Waals surface area (Å²) in [7, 11) is 1.78. The quantitative estimate of drug-likeness (QED) is 0.617. The molecule has 0 aromatic heterocycles. The van der Waals surface area contributed by atoms with E-state index in [9.17, 15) is 9.59 Å². The van der Waals surface area contributed by atoms with Gasteiger partial charge in [-0.3, -0.25) is 9.59 Å². The minimum absolute atomic E-state index is 0.0808. The Bertz CT molecular complexity index is 836. The van der Waals surface area contributed by atoms with Crippen LogP contribution in [0.3, 0.4) is 0 Å². The van der Waals surface area contributed by atoms with Gasteiger partial charge in [0.2, 0.25) is 11.8 Å². The Labute approximate surface area is 205 Å². The second-order valence-corrected chi connectivity index (χ2v) is 10.4. The predicted molar refractivity (Wildman–Crippen MR) is 136 cm³/mol. The number of carbonyl (C=O) groups is 2. The Morgan fingerprint density at radius 2 is 1.82 bits per heavy atom. The van der Waals surface area contributed by atoms with E-state index in [0.717, 1.165) is 64.6 Å². The molecule has 34 heavy (non-hydrogen) atoms. The summed E-state index contributed by atoms with van der Waals surface area (Å²) < 4.78 is 0. The second kappa shape index (κ2) is 12.0. The molecular weight excluding hydrogens is 424 g/mol. The molecule has 2 N–H and O–H groups in total. The fourth-order valence-corrected chi connectivity index (χ4v) is 5.86. The topological polar surface area (TPSA) is 64.7 Å². The Morgan fingerprint density at radius 1 is 1.06 bits per heavy atom. The molecule has 0 radical (unpaired) electrons. The summed E-state index contributed by atoms with van der Waals surface area (Å²) in [6.45, 7) is 4.84. The Hall–Kier alpha value is -2.18. The molecule has 1 aromatic carbocycles. The highest BCUT2D eigenvalue weighted by atomic mass is 16.2. The number of likely N-dealkylation sites (tertiary alicyclic amines) is 1. The Balaban J connectivity index is 1.45. The monoisotopic (exact) mass is 466 g/mol. The van der Waals surface area contributed by atoms with E-state index in [1.54, 1.807) is 7.05 Å². The molecule has 1 saturated heterocycles. The maximum atomic E-state index is 14.0. The smallest absolute Gasteiger partial charge is 0.249 e. The van der Waals surface area contributed by atoms with E-state index in [2.05, 4.69) is 51.9 Å². The van der Waals surface area contributed by atoms with Gasteiger partial charge in [0.05, 0.1) is 12.1 Å². The third-order valence-corrected chi connectivity index (χ3v) is 8.13. The zero-order valence-electron chi connectivity index (χ0n) is 20.9. The highest BCUT2D eigenvalue weighted by Gasteiger charge is 2.41. The molecule has 0 spiro atoms. The van der Waals surface area contributed by atoms with Crippen LogP contribution in [0.1, 0.15) is 57.4 Å². The molecule has 6 nitrogen and oxygen atoms in total. The normalized spacial score (nSPS) is 25.4. The number of amides is 2. The number of benzene rings is 1. The standard InChI is InChI=1S/C28H42N4O2/c1-21(29-2)27(33)30-26(24-12-7-4-8-13-24)28(34)32-19-16-23-14-9-17-31(20-25(23)32)18-15-22-10-5-3-6-11-22/h3,5-6,10-11,16,19,21,23-26,29H,4,7-9,12-15,17-18,20H2,1-2H3,(H,30,33)/t21-,23-,25+,26+/m0/s1. The number of fused-ring (bicyclic) bond motifs is 1. The van der Waals surface area contributed by atoms with Crippen molar-refractivity contribution in [3.63, 3.8) is 0 Å². The van der Waals surface area contributed by atoms with Gasteiger partial charge in [0.25, 0.3) is 0 Å². The number of likely N-dealkylation sites (N-methyl/N-ethyl adjacent to an activating group) is 1. The number of nitrogens with one attached hydrogen (secondary N) is 2. The molecule has 4 atom stereocenters. The van der Waals surface area contributed by atoms with Crippen LogP contribution in [-0.4, -0.2) is 66.4 Å². The zero-order chi connectivity index (χ0) is 23.9. The van der Waals surface area contributed by atoms with Crippen LogP contribution in [0.25, 0.3) is 0 Å². The lowest BCUT2D eigenvalue weighted by Crippen LogP contribution is -2.57. The van der Waals surface area contributed by atoms with Crippen molar-refractivity contribution >= 4 is 11.8 Å². The van der Waals surface area contributed by atoms with Crippen molar-refractivity contribution < 1.29 is 9.59 Å². The molecule has 6 heteroatoms. The average Bonchev–Trinajstić information content (AvgIpc) is 3.16. The van der Waals surface area contributed by atoms with Crippen molar-refractivity contribution in [2.45, 2.75) is 76.4 Å². The van der Waals surface area contributed by atoms with Gasteiger partial charge >= 0.3 is 0 Å². The van der Waals surface area contributed by atoms with Crippen LogP contribution in [0, 0.1) is 11.8 Å². The minimum atomic E-state index is -0.437. The number of carbonyl (C=O) groups excluding carboxylic acids is 2. The van der Waals surface area contributed by atoms with Crippen LogP contribution >= 0.6 is 0 Å². The fourth-order valence-electron chi connectivity index (χ4n) is 5.86. The molecule has 2 fully saturated rings. The van der Waals surface area contributed by atoms with Gasteiger partial charge in [-0.05, 0) is 64.1 Å². The first kappa shape index (κ1) is 24.9. The predicted octanol–water partition coefficient (Wildman–Crippen LogP) is 3.34. The summed E-state index contributed by atoms with van der Waals surface area (Å²) in [5.41, 5.74) is 1.36. The summed E-state index contributed by atoms with van der Waals surface area (Å²) in [6, 6.07) is 10.1. The molecule has 1 aliphatic carbocycles. The van der Waals surface area contributed by atoms with Gasteiger partial charge in [-0.25, -0.2) is 0 Å². The molecule has 186 valence electrons. The maximum absolute atomic E-state index is 14.0. The molecular formula is C28H42N4O2. The summed E-state index contributed by atoms with van der Waals surface area (Å²) >= 11 is 0. The van der Waals surface area contributed by atoms with E-state index in [1.807, 2.05) is 18.0 Å². The first-order chi connectivity index (χ1) is 16.6. The van der Waals surface area contributed by atoms with Gasteiger partial charge in [0.1, 0.15) is 6.04 Å². The lowest BCUT2D eigenvalue weighted by Gasteiger charge is -2.37. The van der Waals surface area contributed by atoms with Gasteiger partial charge in [-0.2, -0.15) is 0 Å². The van der Waals surface area contributed by atoms with Crippen molar-refractivity contribution in [1.29, 1.82) is 0 Å². The van der Waals surface area contributed by atoms with Crippen molar-refractivity contribution in [3.8, 4) is 0 Å². The largest absolute Gasteiger partial charge is 0.343 e. The number of rotatable bonds is 8. The van der Waals surface area contributed by atoms with E-state index in [0.29, 0.717) is 5.92 Å². The Kier molecular flexibility index (Phi) is 8.79. The average molecular weight is 467 g/mol. The van der Waals surface area contributed by atoms with Crippen LogP contribution in [0.4, 0.5) is 0 Å². The molecule has 4 rings (SSSR count). The highest BCUT2D eigenvalue weighted by Crippen LogP contribution is 2.33. The van der Waals surface area contributed by atoms with Crippen molar-refractivity contribution in [2.75, 3.05) is 26.7 Å². The van der Waals surface area contributed by atoms with Crippen molar-refractivity contribution in [2.24, 2.45) is 11.8 Å². The summed E-state index contributed by atoms with van der Waals surface area (Å²) in [4.78, 5) is 31.3. The first-order valence-corrected chi connectivity index (χ1v) is 13.3. The molecule has 3 aliphatic rings. The van der Waals surface area contributed by atoms with Crippen LogP contribution in [-0.2, 0) is 16.0 Å². The highest BCUT2D eigenvalue weighted by molar-refractivity contribution is 5.90. The van der Waals surface area contributed by atoms with Gasteiger partial charge in [0, 0.05) is 25.2 Å². The summed E-state index contributed by atoms with van der Waals surface area (Å²) in [5, 5.41) is 6.15. The first-order valence-electron chi connectivity index (χ1n) is 13.3.